The van der Waals surface area contributed by atoms with E-state index in [0.29, 0.717) is 12.1 Å². The molecule has 0 atom stereocenters. The van der Waals surface area contributed by atoms with Crippen molar-refractivity contribution in [2.45, 2.75) is 13.2 Å². The van der Waals surface area contributed by atoms with E-state index < -0.39 is 10.9 Å². The van der Waals surface area contributed by atoms with Crippen molar-refractivity contribution in [3.05, 3.63) is 99.9 Å². The summed E-state index contributed by atoms with van der Waals surface area (Å²) in [6.07, 6.45) is 6.34. The highest BCUT2D eigenvalue weighted by atomic mass is 16.6. The van der Waals surface area contributed by atoms with Crippen molar-refractivity contribution in [1.82, 2.24) is 9.78 Å². The molecule has 0 bridgehead atoms. The molecular weight excluding hydrogens is 346 g/mol. The average molecular weight is 363 g/mol. The molecule has 0 saturated heterocycles. The van der Waals surface area contributed by atoms with Gasteiger partial charge in [-0.3, -0.25) is 14.8 Å². The number of para-hydroxylation sites is 1. The SMILES string of the molecule is O=C(/C=C/c1cnn(Cc2ccccc2)c1)OCc1ccccc1[N+](=O)[O-]. The van der Waals surface area contributed by atoms with Crippen molar-refractivity contribution >= 4 is 17.7 Å². The predicted molar refractivity (Wildman–Crippen MR) is 99.7 cm³/mol. The summed E-state index contributed by atoms with van der Waals surface area (Å²) >= 11 is 0. The molecule has 136 valence electrons. The first-order valence-corrected chi connectivity index (χ1v) is 8.25. The predicted octanol–water partition coefficient (Wildman–Crippen LogP) is 3.60. The van der Waals surface area contributed by atoms with Gasteiger partial charge in [0.25, 0.3) is 5.69 Å². The van der Waals surface area contributed by atoms with Gasteiger partial charge in [-0.15, -0.1) is 0 Å². The second kappa shape index (κ2) is 8.57. The third-order valence-corrected chi connectivity index (χ3v) is 3.81. The van der Waals surface area contributed by atoms with Crippen LogP contribution in [-0.4, -0.2) is 20.7 Å². The number of benzene rings is 2. The Bertz CT molecular complexity index is 964. The highest BCUT2D eigenvalue weighted by Crippen LogP contribution is 2.18. The van der Waals surface area contributed by atoms with Gasteiger partial charge < -0.3 is 4.74 Å². The average Bonchev–Trinajstić information content (AvgIpc) is 3.13. The van der Waals surface area contributed by atoms with Gasteiger partial charge in [-0.05, 0) is 17.7 Å². The number of carbonyl (C=O) groups is 1. The summed E-state index contributed by atoms with van der Waals surface area (Å²) in [6.45, 7) is 0.477. The minimum absolute atomic E-state index is 0.0727. The Labute approximate surface area is 155 Å². The minimum atomic E-state index is -0.580. The van der Waals surface area contributed by atoms with Gasteiger partial charge in [0, 0.05) is 23.9 Å². The molecule has 0 aliphatic rings. The topological polar surface area (TPSA) is 87.3 Å². The van der Waals surface area contributed by atoms with Gasteiger partial charge in [-0.25, -0.2) is 4.79 Å². The lowest BCUT2D eigenvalue weighted by molar-refractivity contribution is -0.385. The highest BCUT2D eigenvalue weighted by molar-refractivity contribution is 5.86. The van der Waals surface area contributed by atoms with Crippen molar-refractivity contribution in [1.29, 1.82) is 0 Å². The van der Waals surface area contributed by atoms with E-state index in [4.69, 9.17) is 4.74 Å². The largest absolute Gasteiger partial charge is 0.457 e. The molecule has 0 radical (unpaired) electrons. The van der Waals surface area contributed by atoms with E-state index in [9.17, 15) is 14.9 Å². The Morgan fingerprint density at radius 3 is 2.67 bits per heavy atom. The van der Waals surface area contributed by atoms with Crippen LogP contribution in [0.3, 0.4) is 0 Å². The van der Waals surface area contributed by atoms with E-state index in [1.165, 1.54) is 12.1 Å². The Morgan fingerprint density at radius 2 is 1.89 bits per heavy atom. The number of nitro groups is 1. The Morgan fingerprint density at radius 1 is 1.15 bits per heavy atom. The van der Waals surface area contributed by atoms with E-state index in [-0.39, 0.29) is 12.3 Å². The molecule has 0 saturated carbocycles. The number of nitro benzene ring substituents is 1. The summed E-state index contributed by atoms with van der Waals surface area (Å²) in [5.74, 6) is -0.580. The van der Waals surface area contributed by atoms with Crippen LogP contribution in [0.15, 0.2) is 73.1 Å². The molecule has 0 fully saturated rings. The minimum Gasteiger partial charge on any atom is -0.457 e. The number of nitrogens with zero attached hydrogens (tertiary/aromatic N) is 3. The molecule has 7 nitrogen and oxygen atoms in total. The van der Waals surface area contributed by atoms with Gasteiger partial charge in [0.1, 0.15) is 6.61 Å². The zero-order chi connectivity index (χ0) is 19.1. The summed E-state index contributed by atoms with van der Waals surface area (Å²) in [6, 6.07) is 16.1. The molecule has 1 heterocycles. The zero-order valence-corrected chi connectivity index (χ0v) is 14.4. The number of esters is 1. The number of hydrogen-bond donors (Lipinski definition) is 0. The molecule has 1 aromatic heterocycles. The first-order chi connectivity index (χ1) is 13.1. The fraction of sp³-hybridized carbons (Fsp3) is 0.100. The monoisotopic (exact) mass is 363 g/mol. The van der Waals surface area contributed by atoms with Crippen LogP contribution in [0.2, 0.25) is 0 Å². The molecule has 27 heavy (non-hydrogen) atoms. The Balaban J connectivity index is 1.55. The van der Waals surface area contributed by atoms with Crippen LogP contribution in [0.1, 0.15) is 16.7 Å². The van der Waals surface area contributed by atoms with Gasteiger partial charge >= 0.3 is 5.97 Å². The molecule has 3 rings (SSSR count). The van der Waals surface area contributed by atoms with Crippen LogP contribution >= 0.6 is 0 Å². The summed E-state index contributed by atoms with van der Waals surface area (Å²) < 4.78 is 6.86. The first-order valence-electron chi connectivity index (χ1n) is 8.25. The quantitative estimate of drug-likeness (QED) is 0.277. The third-order valence-electron chi connectivity index (χ3n) is 3.81. The normalized spacial score (nSPS) is 10.8. The van der Waals surface area contributed by atoms with Gasteiger partial charge in [-0.2, -0.15) is 5.10 Å². The number of hydrogen-bond acceptors (Lipinski definition) is 5. The first kappa shape index (κ1) is 18.1. The lowest BCUT2D eigenvalue weighted by Crippen LogP contribution is -2.03. The van der Waals surface area contributed by atoms with Gasteiger partial charge in [0.15, 0.2) is 0 Å². The summed E-state index contributed by atoms with van der Waals surface area (Å²) in [4.78, 5) is 22.3. The summed E-state index contributed by atoms with van der Waals surface area (Å²) in [5.41, 5.74) is 2.16. The van der Waals surface area contributed by atoms with E-state index in [1.54, 1.807) is 35.2 Å². The van der Waals surface area contributed by atoms with Crippen molar-refractivity contribution in [3.8, 4) is 0 Å². The summed E-state index contributed by atoms with van der Waals surface area (Å²) in [7, 11) is 0. The molecule has 0 unspecified atom stereocenters. The van der Waals surface area contributed by atoms with Crippen LogP contribution in [0.4, 0.5) is 5.69 Å². The smallest absolute Gasteiger partial charge is 0.331 e. The molecule has 0 aliphatic heterocycles. The lowest BCUT2D eigenvalue weighted by atomic mass is 10.2. The lowest BCUT2D eigenvalue weighted by Gasteiger charge is -2.03. The van der Waals surface area contributed by atoms with Gasteiger partial charge in [0.05, 0.1) is 23.2 Å². The molecule has 2 aromatic carbocycles. The second-order valence-corrected chi connectivity index (χ2v) is 5.78. The zero-order valence-electron chi connectivity index (χ0n) is 14.4. The fourth-order valence-electron chi connectivity index (χ4n) is 2.49. The molecule has 7 heteroatoms. The number of rotatable bonds is 7. The van der Waals surface area contributed by atoms with Crippen LogP contribution < -0.4 is 0 Å². The van der Waals surface area contributed by atoms with E-state index in [2.05, 4.69) is 5.10 Å². The van der Waals surface area contributed by atoms with Crippen molar-refractivity contribution in [2.75, 3.05) is 0 Å². The third kappa shape index (κ3) is 5.12. The van der Waals surface area contributed by atoms with Gasteiger partial charge in [0.2, 0.25) is 0 Å². The van der Waals surface area contributed by atoms with Crippen molar-refractivity contribution in [2.24, 2.45) is 0 Å². The van der Waals surface area contributed by atoms with Crippen LogP contribution in [0.25, 0.3) is 6.08 Å². The number of carbonyl (C=O) groups excluding carboxylic acids is 1. The maximum atomic E-state index is 11.9. The van der Waals surface area contributed by atoms with Crippen molar-refractivity contribution < 1.29 is 14.5 Å². The summed E-state index contributed by atoms with van der Waals surface area (Å²) in [5, 5.41) is 15.2. The van der Waals surface area contributed by atoms with Crippen LogP contribution in [0.5, 0.6) is 0 Å². The van der Waals surface area contributed by atoms with E-state index in [0.717, 1.165) is 11.1 Å². The second-order valence-electron chi connectivity index (χ2n) is 5.78. The van der Waals surface area contributed by atoms with E-state index >= 15 is 0 Å². The molecule has 0 spiro atoms. The van der Waals surface area contributed by atoms with Crippen LogP contribution in [0, 0.1) is 10.1 Å². The molecule has 0 amide bonds. The molecular formula is C20H17N3O4. The number of aromatic nitrogens is 2. The fourth-order valence-corrected chi connectivity index (χ4v) is 2.49. The number of ether oxygens (including phenoxy) is 1. The Kier molecular flexibility index (Phi) is 5.73. The van der Waals surface area contributed by atoms with E-state index in [1.807, 2.05) is 36.5 Å². The molecule has 3 aromatic rings. The standard InChI is InChI=1S/C20H17N3O4/c24-20(27-15-18-8-4-5-9-19(18)23(25)26)11-10-17-12-21-22(14-17)13-16-6-2-1-3-7-16/h1-12,14H,13,15H2/b11-10+. The van der Waals surface area contributed by atoms with Gasteiger partial charge in [-0.1, -0.05) is 42.5 Å². The molecule has 0 aliphatic carbocycles. The van der Waals surface area contributed by atoms with Crippen molar-refractivity contribution in [3.63, 3.8) is 0 Å². The highest BCUT2D eigenvalue weighted by Gasteiger charge is 2.13. The Hall–Kier alpha value is -3.74. The maximum Gasteiger partial charge on any atom is 0.331 e. The molecule has 0 N–H and O–H groups in total. The van der Waals surface area contributed by atoms with Crippen LogP contribution in [-0.2, 0) is 22.7 Å². The maximum absolute atomic E-state index is 11.9.